The van der Waals surface area contributed by atoms with Gasteiger partial charge >= 0.3 is 5.97 Å². The van der Waals surface area contributed by atoms with Crippen LogP contribution in [-0.2, 0) is 16.1 Å². The fraction of sp³-hybridized carbons (Fsp3) is 0.304. The van der Waals surface area contributed by atoms with Crippen molar-refractivity contribution in [2.45, 2.75) is 38.1 Å². The first-order chi connectivity index (χ1) is 17.2. The average molecular weight is 603 g/mol. The maximum atomic E-state index is 13.2. The van der Waals surface area contributed by atoms with Gasteiger partial charge in [-0.1, -0.05) is 72.3 Å². The van der Waals surface area contributed by atoms with Gasteiger partial charge in [0.05, 0.1) is 25.3 Å². The van der Waals surface area contributed by atoms with Crippen LogP contribution in [0.2, 0.25) is 10.0 Å². The van der Waals surface area contributed by atoms with E-state index >= 15 is 0 Å². The summed E-state index contributed by atoms with van der Waals surface area (Å²) in [4.78, 5) is 41.7. The summed E-state index contributed by atoms with van der Waals surface area (Å²) in [7, 11) is 0. The number of thiocarbonyl (C=S) groups is 1. The molecule has 0 saturated carbocycles. The number of carbonyl (C=O) groups excluding carboxylic acids is 1. The Balaban J connectivity index is 1.78. The van der Waals surface area contributed by atoms with Gasteiger partial charge in [0.25, 0.3) is 11.5 Å². The second kappa shape index (κ2) is 11.3. The maximum absolute atomic E-state index is 13.2. The number of fused-ring (bicyclic) bond motifs is 1. The summed E-state index contributed by atoms with van der Waals surface area (Å²) in [6, 6.07) is 3.71. The third kappa shape index (κ3) is 5.27. The predicted octanol–water partition coefficient (Wildman–Crippen LogP) is 4.32. The highest BCUT2D eigenvalue weighted by Crippen LogP contribution is 2.48. The second-order valence-corrected chi connectivity index (χ2v) is 12.4. The normalized spacial score (nSPS) is 18.7. The van der Waals surface area contributed by atoms with Crippen LogP contribution in [0.25, 0.3) is 11.0 Å². The van der Waals surface area contributed by atoms with Gasteiger partial charge in [-0.05, 0) is 37.6 Å². The number of halogens is 2. The number of carboxylic acids is 1. The topological polar surface area (TPSA) is 82.8 Å². The van der Waals surface area contributed by atoms with Gasteiger partial charge in [0.15, 0.2) is 0 Å². The van der Waals surface area contributed by atoms with E-state index in [1.165, 1.54) is 15.9 Å². The summed E-state index contributed by atoms with van der Waals surface area (Å²) >= 11 is 21.5. The van der Waals surface area contributed by atoms with E-state index in [1.807, 2.05) is 25.1 Å². The number of allylic oxidation sites excluding steroid dienone is 1. The Morgan fingerprint density at radius 2 is 1.83 bits per heavy atom. The summed E-state index contributed by atoms with van der Waals surface area (Å²) in [5.41, 5.74) is 0.764. The van der Waals surface area contributed by atoms with Crippen molar-refractivity contribution in [3.8, 4) is 0 Å². The van der Waals surface area contributed by atoms with Crippen molar-refractivity contribution in [3.05, 3.63) is 52.8 Å². The second-order valence-electron chi connectivity index (χ2n) is 7.82. The summed E-state index contributed by atoms with van der Waals surface area (Å²) in [6.45, 7) is 4.58. The minimum atomic E-state index is -1.16. The third-order valence-electron chi connectivity index (χ3n) is 5.45. The predicted molar refractivity (Wildman–Crippen MR) is 154 cm³/mol. The summed E-state index contributed by atoms with van der Waals surface area (Å²) in [5.74, 6) is -1.65. The molecule has 1 fully saturated rings. The quantitative estimate of drug-likeness (QED) is 0.470. The molecule has 4 rings (SSSR count). The number of thiazole rings is 1. The van der Waals surface area contributed by atoms with Crippen molar-refractivity contribution in [2.24, 2.45) is 0 Å². The van der Waals surface area contributed by atoms with Crippen molar-refractivity contribution < 1.29 is 14.7 Å². The molecule has 13 heteroatoms. The van der Waals surface area contributed by atoms with E-state index < -0.39 is 18.4 Å². The molecule has 1 aromatic carbocycles. The molecule has 0 aliphatic carbocycles. The van der Waals surface area contributed by atoms with Gasteiger partial charge in [-0.2, -0.15) is 0 Å². The lowest BCUT2D eigenvalue weighted by molar-refractivity contribution is -0.140. The van der Waals surface area contributed by atoms with E-state index in [2.05, 4.69) is 11.8 Å². The smallest absolute Gasteiger partial charge is 0.323 e. The highest BCUT2D eigenvalue weighted by Gasteiger charge is 2.35. The van der Waals surface area contributed by atoms with Gasteiger partial charge in [0.2, 0.25) is 0 Å². The van der Waals surface area contributed by atoms with Crippen LogP contribution in [0.15, 0.2) is 32.9 Å². The number of thioether (sulfide) groups is 2. The molecule has 3 heterocycles. The summed E-state index contributed by atoms with van der Waals surface area (Å²) < 4.78 is 2.62. The molecule has 190 valence electrons. The van der Waals surface area contributed by atoms with Gasteiger partial charge < -0.3 is 10.0 Å². The molecule has 0 unspecified atom stereocenters. The fourth-order valence-corrected chi connectivity index (χ4v) is 7.72. The number of amides is 1. The van der Waals surface area contributed by atoms with Crippen LogP contribution in [0.3, 0.4) is 0 Å². The number of aliphatic carboxylic acids is 1. The van der Waals surface area contributed by atoms with Crippen molar-refractivity contribution in [2.75, 3.05) is 18.0 Å². The fourth-order valence-electron chi connectivity index (χ4n) is 3.70. The zero-order chi connectivity index (χ0) is 26.1. The van der Waals surface area contributed by atoms with E-state index in [1.54, 1.807) is 17.8 Å². The maximum Gasteiger partial charge on any atom is 0.323 e. The number of aromatic nitrogens is 1. The Hall–Kier alpha value is -1.76. The molecule has 0 spiro atoms. The zero-order valence-corrected chi connectivity index (χ0v) is 24.0. The summed E-state index contributed by atoms with van der Waals surface area (Å²) in [5, 5.41) is 11.0. The molecule has 1 saturated heterocycles. The number of hydrogen-bond acceptors (Lipinski definition) is 8. The highest BCUT2D eigenvalue weighted by atomic mass is 35.5. The van der Waals surface area contributed by atoms with Crippen LogP contribution in [0.1, 0.15) is 26.7 Å². The largest absolute Gasteiger partial charge is 0.480 e. The molecule has 1 N–H and O–H groups in total. The average Bonchev–Trinajstić information content (AvgIpc) is 3.42. The Bertz CT molecular complexity index is 1480. The Kier molecular flexibility index (Phi) is 8.58. The molecule has 36 heavy (non-hydrogen) atoms. The Morgan fingerprint density at radius 1 is 1.11 bits per heavy atom. The van der Waals surface area contributed by atoms with Gasteiger partial charge in [-0.25, -0.2) is 0 Å². The number of benzene rings is 1. The zero-order valence-electron chi connectivity index (χ0n) is 19.2. The lowest BCUT2D eigenvalue weighted by Crippen LogP contribution is -2.35. The van der Waals surface area contributed by atoms with E-state index in [0.717, 1.165) is 51.7 Å². The van der Waals surface area contributed by atoms with Crippen molar-refractivity contribution in [1.29, 1.82) is 0 Å². The lowest BCUT2D eigenvalue weighted by Gasteiger charge is -2.20. The molecule has 0 radical (unpaired) electrons. The molecule has 7 nitrogen and oxygen atoms in total. The van der Waals surface area contributed by atoms with Crippen molar-refractivity contribution >= 4 is 103 Å². The number of unbranched alkanes of at least 4 members (excludes halogenated alkanes) is 1. The number of carbonyl (C=O) groups is 2. The molecular formula is C23H21Cl2N3O4S4. The third-order valence-corrected chi connectivity index (χ3v) is 10.00. The van der Waals surface area contributed by atoms with E-state index in [0.29, 0.717) is 25.8 Å². The monoisotopic (exact) mass is 601 g/mol. The van der Waals surface area contributed by atoms with E-state index in [-0.39, 0.29) is 14.8 Å². The molecule has 1 amide bonds. The summed E-state index contributed by atoms with van der Waals surface area (Å²) in [6.07, 6.45) is 5.66. The van der Waals surface area contributed by atoms with Crippen LogP contribution in [-0.4, -0.2) is 43.9 Å². The van der Waals surface area contributed by atoms with Gasteiger partial charge in [0.1, 0.15) is 20.4 Å². The minimum Gasteiger partial charge on any atom is -0.480 e. The number of anilines is 1. The van der Waals surface area contributed by atoms with E-state index in [9.17, 15) is 14.4 Å². The van der Waals surface area contributed by atoms with Crippen LogP contribution in [0.4, 0.5) is 5.69 Å². The van der Waals surface area contributed by atoms with Gasteiger partial charge in [-0.15, -0.1) is 11.3 Å². The molecule has 0 atom stereocenters. The molecule has 2 aliphatic heterocycles. The first-order valence-corrected chi connectivity index (χ1v) is 14.6. The highest BCUT2D eigenvalue weighted by molar-refractivity contribution is 8.30. The molecule has 2 aliphatic rings. The SMILES string of the molecule is CCCCN1/C(=C/C=c2/s/c(=C3\SC(=S)N(CC(=O)O)C3=O)n(CC)c2=O)Sc2cc(Cl)c(Cl)cc21. The molecule has 2 aromatic rings. The minimum absolute atomic E-state index is 0.164. The Labute approximate surface area is 235 Å². The van der Waals surface area contributed by atoms with E-state index in [4.69, 9.17) is 40.5 Å². The van der Waals surface area contributed by atoms with Crippen molar-refractivity contribution in [3.63, 3.8) is 0 Å². The van der Waals surface area contributed by atoms with Crippen molar-refractivity contribution in [1.82, 2.24) is 9.47 Å². The number of hydrogen-bond donors (Lipinski definition) is 1. The number of carboxylic acid groups (broad SMARTS) is 1. The standard InChI is InChI=1S/C23H21Cl2N3O4S4/c1-3-5-8-27-14-9-12(24)13(25)10-16(14)34-17(27)7-6-15-20(31)26(4-2)22(35-15)19-21(32)28(11-18(29)30)23(33)36-19/h6-7,9-10H,3-5,8,11H2,1-2H3,(H,29,30)/b15-6+,17-7-,22-19-. The van der Waals surface area contributed by atoms with Crippen LogP contribution < -0.4 is 19.7 Å². The molecule has 0 bridgehead atoms. The lowest BCUT2D eigenvalue weighted by atomic mass is 10.2. The van der Waals surface area contributed by atoms with Crippen LogP contribution in [0.5, 0.6) is 0 Å². The van der Waals surface area contributed by atoms with Gasteiger partial charge in [-0.3, -0.25) is 23.9 Å². The van der Waals surface area contributed by atoms with Crippen LogP contribution >= 0.6 is 70.3 Å². The first-order valence-electron chi connectivity index (χ1n) is 11.0. The first kappa shape index (κ1) is 27.3. The number of nitrogens with zero attached hydrogens (tertiary/aromatic N) is 3. The number of rotatable bonds is 7. The molecule has 1 aromatic heterocycles. The molecular weight excluding hydrogens is 581 g/mol. The van der Waals surface area contributed by atoms with Gasteiger partial charge in [0, 0.05) is 18.0 Å². The van der Waals surface area contributed by atoms with Crippen LogP contribution in [0, 0.1) is 0 Å². The Morgan fingerprint density at radius 3 is 2.50 bits per heavy atom.